The van der Waals surface area contributed by atoms with E-state index in [9.17, 15) is 9.90 Å². The second-order valence-electron chi connectivity index (χ2n) is 6.29. The molecule has 0 aromatic heterocycles. The lowest BCUT2D eigenvalue weighted by Gasteiger charge is -2.44. The molecule has 0 bridgehead atoms. The highest BCUT2D eigenvalue weighted by Gasteiger charge is 2.42. The Morgan fingerprint density at radius 2 is 2.21 bits per heavy atom. The molecule has 3 nitrogen and oxygen atoms in total. The first kappa shape index (κ1) is 14.1. The number of carboxylic acids is 1. The monoisotopic (exact) mass is 261 g/mol. The van der Waals surface area contributed by atoms with Gasteiger partial charge in [0.25, 0.3) is 0 Å². The van der Waals surface area contributed by atoms with Crippen LogP contribution in [0.1, 0.15) is 37.8 Å². The fourth-order valence-corrected chi connectivity index (χ4v) is 3.20. The van der Waals surface area contributed by atoms with Crippen LogP contribution >= 0.6 is 0 Å². The molecule has 1 aliphatic rings. The van der Waals surface area contributed by atoms with Crippen molar-refractivity contribution < 1.29 is 9.90 Å². The fraction of sp³-hybridized carbons (Fsp3) is 0.562. The first-order valence-electron chi connectivity index (χ1n) is 6.92. The molecule has 0 spiro atoms. The standard InChI is InChI=1S/C16H23NO2/c1-12-6-4-7-13(10-12)11-17-9-5-8-16(2,3)14(17)15(18)19/h4,6-7,10,14H,5,8-9,11H2,1-3H3,(H,18,19). The molecule has 2 rings (SSSR count). The highest BCUT2D eigenvalue weighted by molar-refractivity contribution is 5.74. The van der Waals surface area contributed by atoms with Gasteiger partial charge in [0.1, 0.15) is 6.04 Å². The lowest BCUT2D eigenvalue weighted by Crippen LogP contribution is -2.53. The third kappa shape index (κ3) is 3.16. The summed E-state index contributed by atoms with van der Waals surface area (Å²) in [7, 11) is 0. The fourth-order valence-electron chi connectivity index (χ4n) is 3.20. The van der Waals surface area contributed by atoms with Gasteiger partial charge in [-0.3, -0.25) is 9.69 Å². The minimum Gasteiger partial charge on any atom is -0.480 e. The molecule has 1 unspecified atom stereocenters. The average molecular weight is 261 g/mol. The van der Waals surface area contributed by atoms with Crippen LogP contribution in [-0.4, -0.2) is 28.6 Å². The molecular weight excluding hydrogens is 238 g/mol. The molecule has 19 heavy (non-hydrogen) atoms. The zero-order valence-electron chi connectivity index (χ0n) is 12.0. The smallest absolute Gasteiger partial charge is 0.321 e. The predicted octanol–water partition coefficient (Wildman–Crippen LogP) is 3.07. The van der Waals surface area contributed by atoms with Crippen LogP contribution in [-0.2, 0) is 11.3 Å². The van der Waals surface area contributed by atoms with E-state index in [-0.39, 0.29) is 11.5 Å². The zero-order valence-corrected chi connectivity index (χ0v) is 12.0. The van der Waals surface area contributed by atoms with Gasteiger partial charge < -0.3 is 5.11 Å². The van der Waals surface area contributed by atoms with Gasteiger partial charge in [-0.25, -0.2) is 0 Å². The third-order valence-corrected chi connectivity index (χ3v) is 4.07. The first-order valence-corrected chi connectivity index (χ1v) is 6.92. The third-order valence-electron chi connectivity index (χ3n) is 4.07. The first-order chi connectivity index (χ1) is 8.90. The van der Waals surface area contributed by atoms with E-state index in [1.807, 2.05) is 6.07 Å². The number of hydrogen-bond donors (Lipinski definition) is 1. The summed E-state index contributed by atoms with van der Waals surface area (Å²) in [6.45, 7) is 7.79. The van der Waals surface area contributed by atoms with Gasteiger partial charge in [0.05, 0.1) is 0 Å². The van der Waals surface area contributed by atoms with E-state index in [0.717, 1.165) is 25.9 Å². The summed E-state index contributed by atoms with van der Waals surface area (Å²) < 4.78 is 0. The number of likely N-dealkylation sites (tertiary alicyclic amines) is 1. The normalized spacial score (nSPS) is 23.2. The van der Waals surface area contributed by atoms with Gasteiger partial charge in [0.15, 0.2) is 0 Å². The SMILES string of the molecule is Cc1cccc(CN2CCCC(C)(C)C2C(=O)O)c1. The molecule has 1 aromatic carbocycles. The summed E-state index contributed by atoms with van der Waals surface area (Å²) in [5.74, 6) is -0.697. The molecule has 1 saturated heterocycles. The molecule has 0 amide bonds. The lowest BCUT2D eigenvalue weighted by molar-refractivity contribution is -0.151. The van der Waals surface area contributed by atoms with E-state index < -0.39 is 5.97 Å². The van der Waals surface area contributed by atoms with Crippen molar-refractivity contribution >= 4 is 5.97 Å². The van der Waals surface area contributed by atoms with Crippen molar-refractivity contribution in [1.29, 1.82) is 0 Å². The maximum atomic E-state index is 11.6. The van der Waals surface area contributed by atoms with E-state index in [1.165, 1.54) is 11.1 Å². The quantitative estimate of drug-likeness (QED) is 0.909. The number of aliphatic carboxylic acids is 1. The Labute approximate surface area is 115 Å². The molecule has 1 fully saturated rings. The second-order valence-corrected chi connectivity index (χ2v) is 6.29. The summed E-state index contributed by atoms with van der Waals surface area (Å²) in [6.07, 6.45) is 2.05. The summed E-state index contributed by atoms with van der Waals surface area (Å²) in [6, 6.07) is 7.93. The number of carbonyl (C=O) groups is 1. The van der Waals surface area contributed by atoms with Gasteiger partial charge in [-0.2, -0.15) is 0 Å². The topological polar surface area (TPSA) is 40.5 Å². The van der Waals surface area contributed by atoms with Crippen molar-refractivity contribution in [1.82, 2.24) is 4.90 Å². The number of rotatable bonds is 3. The van der Waals surface area contributed by atoms with Gasteiger partial charge in [0, 0.05) is 6.54 Å². The van der Waals surface area contributed by atoms with Crippen molar-refractivity contribution in [2.24, 2.45) is 5.41 Å². The molecule has 1 atom stereocenters. The van der Waals surface area contributed by atoms with Crippen LogP contribution in [0.15, 0.2) is 24.3 Å². The van der Waals surface area contributed by atoms with Crippen molar-refractivity contribution in [2.75, 3.05) is 6.54 Å². The van der Waals surface area contributed by atoms with Gasteiger partial charge in [-0.1, -0.05) is 43.7 Å². The van der Waals surface area contributed by atoms with Crippen LogP contribution in [0, 0.1) is 12.3 Å². The maximum Gasteiger partial charge on any atom is 0.321 e. The highest BCUT2D eigenvalue weighted by atomic mass is 16.4. The summed E-state index contributed by atoms with van der Waals surface area (Å²) >= 11 is 0. The van der Waals surface area contributed by atoms with E-state index >= 15 is 0 Å². The summed E-state index contributed by atoms with van der Waals surface area (Å²) in [5, 5.41) is 9.54. The lowest BCUT2D eigenvalue weighted by atomic mass is 9.76. The summed E-state index contributed by atoms with van der Waals surface area (Å²) in [5.41, 5.74) is 2.26. The van der Waals surface area contributed by atoms with Crippen molar-refractivity contribution in [3.8, 4) is 0 Å². The molecule has 1 N–H and O–H groups in total. The van der Waals surface area contributed by atoms with Crippen LogP contribution in [0.2, 0.25) is 0 Å². The second kappa shape index (κ2) is 5.33. The van der Waals surface area contributed by atoms with E-state index in [0.29, 0.717) is 0 Å². The van der Waals surface area contributed by atoms with Gasteiger partial charge in [-0.05, 0) is 37.3 Å². The van der Waals surface area contributed by atoms with Gasteiger partial charge in [-0.15, -0.1) is 0 Å². The van der Waals surface area contributed by atoms with E-state index in [4.69, 9.17) is 0 Å². The van der Waals surface area contributed by atoms with Crippen LogP contribution in [0.25, 0.3) is 0 Å². The maximum absolute atomic E-state index is 11.6. The number of benzene rings is 1. The van der Waals surface area contributed by atoms with E-state index in [2.05, 4.69) is 43.9 Å². The Morgan fingerprint density at radius 3 is 2.84 bits per heavy atom. The molecule has 0 radical (unpaired) electrons. The number of nitrogens with zero attached hydrogens (tertiary/aromatic N) is 1. The van der Waals surface area contributed by atoms with Gasteiger partial charge in [0.2, 0.25) is 0 Å². The van der Waals surface area contributed by atoms with Crippen LogP contribution in [0.5, 0.6) is 0 Å². The Morgan fingerprint density at radius 1 is 1.47 bits per heavy atom. The number of carboxylic acid groups (broad SMARTS) is 1. The van der Waals surface area contributed by atoms with E-state index in [1.54, 1.807) is 0 Å². The van der Waals surface area contributed by atoms with Crippen molar-refractivity contribution in [3.63, 3.8) is 0 Å². The highest BCUT2D eigenvalue weighted by Crippen LogP contribution is 2.36. The van der Waals surface area contributed by atoms with Crippen molar-refractivity contribution in [2.45, 2.75) is 46.2 Å². The van der Waals surface area contributed by atoms with Gasteiger partial charge >= 0.3 is 5.97 Å². The molecular formula is C16H23NO2. The Balaban J connectivity index is 2.20. The molecule has 3 heteroatoms. The largest absolute Gasteiger partial charge is 0.480 e. The van der Waals surface area contributed by atoms with Crippen molar-refractivity contribution in [3.05, 3.63) is 35.4 Å². The van der Waals surface area contributed by atoms with Crippen LogP contribution < -0.4 is 0 Å². The number of piperidine rings is 1. The number of hydrogen-bond acceptors (Lipinski definition) is 2. The molecule has 0 saturated carbocycles. The minimum absolute atomic E-state index is 0.159. The van der Waals surface area contributed by atoms with Crippen LogP contribution in [0.4, 0.5) is 0 Å². The Hall–Kier alpha value is -1.35. The predicted molar refractivity (Wildman–Crippen MR) is 76.0 cm³/mol. The molecule has 1 aromatic rings. The number of aryl methyl sites for hydroxylation is 1. The molecule has 1 heterocycles. The summed E-state index contributed by atoms with van der Waals surface area (Å²) in [4.78, 5) is 13.7. The van der Waals surface area contributed by atoms with Crippen LogP contribution in [0.3, 0.4) is 0 Å². The minimum atomic E-state index is -0.697. The molecule has 104 valence electrons. The zero-order chi connectivity index (χ0) is 14.0. The molecule has 1 aliphatic heterocycles. The Kier molecular flexibility index (Phi) is 3.95. The molecule has 0 aliphatic carbocycles. The average Bonchev–Trinajstić information content (AvgIpc) is 2.26. The Bertz CT molecular complexity index is 468.